The van der Waals surface area contributed by atoms with Crippen LogP contribution in [-0.4, -0.2) is 46.7 Å². The maximum atomic E-state index is 12.7. The van der Waals surface area contributed by atoms with E-state index in [9.17, 15) is 19.5 Å². The third kappa shape index (κ3) is 31.4. The van der Waals surface area contributed by atoms with Gasteiger partial charge in [-0.2, -0.15) is 0 Å². The van der Waals surface area contributed by atoms with Crippen molar-refractivity contribution < 1.29 is 29.0 Å². The summed E-state index contributed by atoms with van der Waals surface area (Å²) in [4.78, 5) is 36.6. The zero-order valence-electron chi connectivity index (χ0n) is 30.5. The van der Waals surface area contributed by atoms with Gasteiger partial charge in [0.15, 0.2) is 0 Å². The zero-order valence-corrected chi connectivity index (χ0v) is 31.3. The van der Waals surface area contributed by atoms with E-state index in [1.807, 2.05) is 0 Å². The number of thioether (sulfide) groups is 1. The van der Waals surface area contributed by atoms with Gasteiger partial charge in [-0.15, -0.1) is 11.8 Å². The Hall–Kier alpha value is -1.24. The molecule has 46 heavy (non-hydrogen) atoms. The number of esters is 2. The van der Waals surface area contributed by atoms with Gasteiger partial charge < -0.3 is 14.6 Å². The van der Waals surface area contributed by atoms with E-state index in [0.29, 0.717) is 13.2 Å². The van der Waals surface area contributed by atoms with Crippen LogP contribution in [0.3, 0.4) is 0 Å². The molecule has 1 N–H and O–H groups in total. The van der Waals surface area contributed by atoms with Gasteiger partial charge in [0.25, 0.3) is 0 Å². The number of hydrogen-bond acceptors (Lipinski definition) is 6. The topological polar surface area (TPSA) is 89.9 Å². The fourth-order valence-corrected chi connectivity index (χ4v) is 6.77. The zero-order chi connectivity index (χ0) is 33.9. The summed E-state index contributed by atoms with van der Waals surface area (Å²) in [5, 5.41) is 7.66. The number of hydrogen-bond donors (Lipinski definition) is 1. The van der Waals surface area contributed by atoms with Gasteiger partial charge in [-0.25, -0.2) is 0 Å². The molecule has 0 aliphatic carbocycles. The molecule has 0 radical (unpaired) electrons. The van der Waals surface area contributed by atoms with E-state index in [4.69, 9.17) is 9.47 Å². The van der Waals surface area contributed by atoms with Crippen molar-refractivity contribution in [2.45, 2.75) is 217 Å². The lowest BCUT2D eigenvalue weighted by Crippen LogP contribution is -2.28. The molecule has 0 fully saturated rings. The third-order valence-corrected chi connectivity index (χ3v) is 10.1. The van der Waals surface area contributed by atoms with Gasteiger partial charge in [-0.05, 0) is 19.8 Å². The average molecular weight is 671 g/mol. The molecule has 0 saturated heterocycles. The highest BCUT2D eigenvalue weighted by Crippen LogP contribution is 2.23. The predicted octanol–water partition coefficient (Wildman–Crippen LogP) is 12.0. The summed E-state index contributed by atoms with van der Waals surface area (Å²) >= 11 is 0.966. The fourth-order valence-electron chi connectivity index (χ4n) is 5.75. The molecule has 2 atom stereocenters. The van der Waals surface area contributed by atoms with Crippen molar-refractivity contribution in [3.63, 3.8) is 0 Å². The van der Waals surface area contributed by atoms with Crippen LogP contribution >= 0.6 is 11.8 Å². The number of unbranched alkanes of at least 4 members (excludes halogenated alkanes) is 26. The van der Waals surface area contributed by atoms with Gasteiger partial charge in [0.05, 0.1) is 19.6 Å². The Morgan fingerprint density at radius 2 is 0.804 bits per heavy atom. The standard InChI is InChI=1S/C39H74O6S/c1-4-6-8-10-12-14-16-18-20-22-24-26-28-30-32-44-37(40)34-36(46-35(3)38(41)42)39(43)45-33-31-29-27-25-23-21-19-17-15-13-11-9-7-5-2/h35-36H,4-34H2,1-3H3,(H,41,42). The molecule has 6 nitrogen and oxygen atoms in total. The van der Waals surface area contributed by atoms with Gasteiger partial charge in [0, 0.05) is 0 Å². The first-order valence-electron chi connectivity index (χ1n) is 19.6. The van der Waals surface area contributed by atoms with Crippen molar-refractivity contribution in [2.75, 3.05) is 13.2 Å². The third-order valence-electron chi connectivity index (χ3n) is 8.83. The van der Waals surface area contributed by atoms with Crippen LogP contribution < -0.4 is 0 Å². The SMILES string of the molecule is CCCCCCCCCCCCCCCCOC(=O)CC(SC(C)C(=O)O)C(=O)OCCCCCCCCCCCCCCCC. The molecule has 0 bridgehead atoms. The Labute approximate surface area is 288 Å². The van der Waals surface area contributed by atoms with Crippen molar-refractivity contribution in [1.82, 2.24) is 0 Å². The molecule has 0 aliphatic rings. The van der Waals surface area contributed by atoms with Crippen molar-refractivity contribution >= 4 is 29.7 Å². The van der Waals surface area contributed by atoms with E-state index in [1.165, 1.54) is 148 Å². The number of rotatable bonds is 36. The predicted molar refractivity (Wildman–Crippen MR) is 196 cm³/mol. The van der Waals surface area contributed by atoms with Crippen molar-refractivity contribution in [2.24, 2.45) is 0 Å². The van der Waals surface area contributed by atoms with Crippen molar-refractivity contribution in [3.8, 4) is 0 Å². The van der Waals surface area contributed by atoms with E-state index in [-0.39, 0.29) is 6.42 Å². The maximum absolute atomic E-state index is 12.7. The first-order chi connectivity index (χ1) is 22.4. The molecule has 0 saturated carbocycles. The highest BCUT2D eigenvalue weighted by molar-refractivity contribution is 8.01. The largest absolute Gasteiger partial charge is 0.480 e. The Balaban J connectivity index is 3.93. The second-order valence-electron chi connectivity index (χ2n) is 13.4. The van der Waals surface area contributed by atoms with Gasteiger partial charge in [0.2, 0.25) is 0 Å². The number of ether oxygens (including phenoxy) is 2. The Morgan fingerprint density at radius 1 is 0.500 bits per heavy atom. The Bertz CT molecular complexity index is 700. The second-order valence-corrected chi connectivity index (χ2v) is 14.9. The minimum Gasteiger partial charge on any atom is -0.480 e. The average Bonchev–Trinajstić information content (AvgIpc) is 3.04. The summed E-state index contributed by atoms with van der Waals surface area (Å²) in [5.74, 6) is -1.98. The summed E-state index contributed by atoms with van der Waals surface area (Å²) < 4.78 is 10.9. The highest BCUT2D eigenvalue weighted by atomic mass is 32.2. The van der Waals surface area contributed by atoms with Gasteiger partial charge in [-0.1, -0.05) is 181 Å². The highest BCUT2D eigenvalue weighted by Gasteiger charge is 2.29. The van der Waals surface area contributed by atoms with Gasteiger partial charge >= 0.3 is 17.9 Å². The number of carboxylic acids is 1. The van der Waals surface area contributed by atoms with Gasteiger partial charge in [-0.3, -0.25) is 14.4 Å². The molecule has 272 valence electrons. The summed E-state index contributed by atoms with van der Waals surface area (Å²) in [6, 6.07) is 0. The van der Waals surface area contributed by atoms with Crippen molar-refractivity contribution in [1.29, 1.82) is 0 Å². The van der Waals surface area contributed by atoms with Crippen LogP contribution in [0.2, 0.25) is 0 Å². The molecular weight excluding hydrogens is 596 g/mol. The smallest absolute Gasteiger partial charge is 0.319 e. The Kier molecular flexibility index (Phi) is 34.1. The van der Waals surface area contributed by atoms with E-state index >= 15 is 0 Å². The molecule has 0 aromatic carbocycles. The molecule has 0 amide bonds. The molecule has 7 heteroatoms. The summed E-state index contributed by atoms with van der Waals surface area (Å²) in [5.41, 5.74) is 0. The van der Waals surface area contributed by atoms with Gasteiger partial charge in [0.1, 0.15) is 10.5 Å². The lowest BCUT2D eigenvalue weighted by atomic mass is 10.0. The molecule has 0 aromatic heterocycles. The summed E-state index contributed by atoms with van der Waals surface area (Å²) in [6.45, 7) is 6.70. The fraction of sp³-hybridized carbons (Fsp3) is 0.923. The van der Waals surface area contributed by atoms with Crippen LogP contribution in [0.15, 0.2) is 0 Å². The number of carboxylic acid groups (broad SMARTS) is 1. The van der Waals surface area contributed by atoms with Crippen LogP contribution in [0.1, 0.15) is 207 Å². The molecule has 0 spiro atoms. The number of carbonyl (C=O) groups is 3. The first kappa shape index (κ1) is 44.8. The monoisotopic (exact) mass is 671 g/mol. The molecule has 2 unspecified atom stereocenters. The minimum absolute atomic E-state index is 0.154. The van der Waals surface area contributed by atoms with E-state index in [0.717, 1.165) is 50.3 Å². The van der Waals surface area contributed by atoms with Crippen LogP contribution in [0.5, 0.6) is 0 Å². The van der Waals surface area contributed by atoms with Crippen LogP contribution in [0.25, 0.3) is 0 Å². The molecule has 0 rings (SSSR count). The van der Waals surface area contributed by atoms with Crippen LogP contribution in [0.4, 0.5) is 0 Å². The first-order valence-corrected chi connectivity index (χ1v) is 20.6. The maximum Gasteiger partial charge on any atom is 0.319 e. The van der Waals surface area contributed by atoms with Crippen LogP contribution in [0, 0.1) is 0 Å². The quantitative estimate of drug-likeness (QED) is 0.0524. The van der Waals surface area contributed by atoms with Crippen molar-refractivity contribution in [3.05, 3.63) is 0 Å². The van der Waals surface area contributed by atoms with E-state index in [2.05, 4.69) is 13.8 Å². The lowest BCUT2D eigenvalue weighted by Gasteiger charge is -2.17. The molecular formula is C39H74O6S. The summed E-state index contributed by atoms with van der Waals surface area (Å²) in [7, 11) is 0. The molecule has 0 aliphatic heterocycles. The number of carbonyl (C=O) groups excluding carboxylic acids is 2. The summed E-state index contributed by atoms with van der Waals surface area (Å²) in [6.07, 6.45) is 35.2. The van der Waals surface area contributed by atoms with E-state index < -0.39 is 28.4 Å². The number of aliphatic carboxylic acids is 1. The molecule has 0 heterocycles. The molecule has 0 aromatic rings. The second kappa shape index (κ2) is 35.1. The normalized spacial score (nSPS) is 12.6. The lowest BCUT2D eigenvalue weighted by molar-refractivity contribution is -0.149. The van der Waals surface area contributed by atoms with Crippen LogP contribution in [-0.2, 0) is 23.9 Å². The van der Waals surface area contributed by atoms with E-state index in [1.54, 1.807) is 0 Å². The Morgan fingerprint density at radius 3 is 1.13 bits per heavy atom. The minimum atomic E-state index is -1.01.